The molecule has 4 heteroatoms. The topological polar surface area (TPSA) is 38.7 Å². The van der Waals surface area contributed by atoms with Crippen LogP contribution in [0.25, 0.3) is 5.70 Å². The molecule has 0 bridgehead atoms. The molecule has 78 valence electrons. The highest BCUT2D eigenvalue weighted by Crippen LogP contribution is 2.23. The van der Waals surface area contributed by atoms with Crippen LogP contribution < -0.4 is 0 Å². The summed E-state index contributed by atoms with van der Waals surface area (Å²) in [6.07, 6.45) is 3.36. The maximum absolute atomic E-state index is 11.2. The number of rotatable bonds is 4. The maximum atomic E-state index is 11.2. The van der Waals surface area contributed by atoms with Crippen molar-refractivity contribution in [1.29, 1.82) is 0 Å². The molecule has 1 aromatic rings. The highest BCUT2D eigenvalue weighted by molar-refractivity contribution is 7.12. The second kappa shape index (κ2) is 5.26. The predicted octanol–water partition coefficient (Wildman–Crippen LogP) is 2.76. The van der Waals surface area contributed by atoms with Gasteiger partial charge in [0.15, 0.2) is 0 Å². The van der Waals surface area contributed by atoms with Crippen molar-refractivity contribution in [1.82, 2.24) is 0 Å². The lowest BCUT2D eigenvalue weighted by molar-refractivity contribution is 0.0606. The second-order valence-electron chi connectivity index (χ2n) is 2.64. The molecular formula is C11H11NO2S. The Hall–Kier alpha value is -1.68. The highest BCUT2D eigenvalue weighted by Gasteiger charge is 2.10. The van der Waals surface area contributed by atoms with E-state index in [0.717, 1.165) is 5.56 Å². The summed E-state index contributed by atoms with van der Waals surface area (Å²) in [6.45, 7) is 7.03. The first kappa shape index (κ1) is 11.4. The van der Waals surface area contributed by atoms with E-state index in [1.807, 2.05) is 5.38 Å². The Morgan fingerprint density at radius 2 is 2.40 bits per heavy atom. The van der Waals surface area contributed by atoms with Crippen molar-refractivity contribution in [2.75, 3.05) is 7.11 Å². The van der Waals surface area contributed by atoms with Crippen molar-refractivity contribution >= 4 is 29.7 Å². The minimum Gasteiger partial charge on any atom is -0.465 e. The van der Waals surface area contributed by atoms with Crippen molar-refractivity contribution in [2.45, 2.75) is 0 Å². The molecule has 0 amide bonds. The number of aliphatic imine (C=N–C) groups is 1. The zero-order valence-electron chi connectivity index (χ0n) is 8.40. The van der Waals surface area contributed by atoms with Crippen LogP contribution in [-0.2, 0) is 4.74 Å². The predicted molar refractivity (Wildman–Crippen MR) is 63.4 cm³/mol. The number of thiophene rings is 1. The lowest BCUT2D eigenvalue weighted by Crippen LogP contribution is -1.97. The summed E-state index contributed by atoms with van der Waals surface area (Å²) in [5, 5.41) is 1.83. The Bertz CT molecular complexity index is 418. The monoisotopic (exact) mass is 221 g/mol. The number of hydrogen-bond acceptors (Lipinski definition) is 4. The molecule has 0 fully saturated rings. The van der Waals surface area contributed by atoms with Gasteiger partial charge in [-0.25, -0.2) is 4.79 Å². The van der Waals surface area contributed by atoms with Gasteiger partial charge >= 0.3 is 5.97 Å². The Labute approximate surface area is 92.4 Å². The fourth-order valence-electron chi connectivity index (χ4n) is 1.03. The van der Waals surface area contributed by atoms with Gasteiger partial charge in [0.25, 0.3) is 0 Å². The Balaban J connectivity index is 3.02. The summed E-state index contributed by atoms with van der Waals surface area (Å²) in [7, 11) is 1.36. The third kappa shape index (κ3) is 2.63. The van der Waals surface area contributed by atoms with Gasteiger partial charge in [-0.3, -0.25) is 4.99 Å². The largest absolute Gasteiger partial charge is 0.465 e. The van der Waals surface area contributed by atoms with Crippen molar-refractivity contribution in [3.63, 3.8) is 0 Å². The molecule has 15 heavy (non-hydrogen) atoms. The summed E-state index contributed by atoms with van der Waals surface area (Å²) in [5.41, 5.74) is 1.53. The van der Waals surface area contributed by atoms with Gasteiger partial charge in [0.05, 0.1) is 12.8 Å². The van der Waals surface area contributed by atoms with Gasteiger partial charge in [0.1, 0.15) is 4.88 Å². The standard InChI is InChI=1S/C11H11NO2S/c1-4-5-9(12-2)8-6-10(15-7-8)11(13)14-3/h4-7H,1-2H2,3H3/b9-5-. The molecular weight excluding hydrogens is 210 g/mol. The zero-order chi connectivity index (χ0) is 11.3. The minimum atomic E-state index is -0.340. The van der Waals surface area contributed by atoms with Crippen LogP contribution in [0.1, 0.15) is 15.2 Å². The Morgan fingerprint density at radius 3 is 2.93 bits per heavy atom. The first-order chi connectivity index (χ1) is 7.22. The van der Waals surface area contributed by atoms with Crippen LogP contribution in [0, 0.1) is 0 Å². The molecule has 0 aromatic carbocycles. The van der Waals surface area contributed by atoms with Crippen molar-refractivity contribution < 1.29 is 9.53 Å². The molecule has 0 saturated heterocycles. The zero-order valence-corrected chi connectivity index (χ0v) is 9.21. The van der Waals surface area contributed by atoms with E-state index in [1.54, 1.807) is 18.2 Å². The van der Waals surface area contributed by atoms with Crippen LogP contribution >= 0.6 is 11.3 Å². The number of esters is 1. The van der Waals surface area contributed by atoms with Crippen molar-refractivity contribution in [2.24, 2.45) is 4.99 Å². The Morgan fingerprint density at radius 1 is 1.67 bits per heavy atom. The van der Waals surface area contributed by atoms with E-state index in [-0.39, 0.29) is 5.97 Å². The van der Waals surface area contributed by atoms with Crippen LogP contribution in [0.4, 0.5) is 0 Å². The van der Waals surface area contributed by atoms with Crippen LogP contribution in [0.2, 0.25) is 0 Å². The highest BCUT2D eigenvalue weighted by atomic mass is 32.1. The molecule has 0 aliphatic rings. The molecule has 0 spiro atoms. The average molecular weight is 221 g/mol. The molecule has 3 nitrogen and oxygen atoms in total. The second-order valence-corrected chi connectivity index (χ2v) is 3.55. The number of hydrogen-bond donors (Lipinski definition) is 0. The van der Waals surface area contributed by atoms with Gasteiger partial charge in [-0.2, -0.15) is 0 Å². The van der Waals surface area contributed by atoms with Gasteiger partial charge in [-0.1, -0.05) is 12.7 Å². The normalized spacial score (nSPS) is 10.9. The van der Waals surface area contributed by atoms with E-state index in [9.17, 15) is 4.79 Å². The van der Waals surface area contributed by atoms with Crippen LogP contribution in [-0.4, -0.2) is 19.8 Å². The summed E-state index contributed by atoms with van der Waals surface area (Å²) in [4.78, 5) is 15.6. The first-order valence-corrected chi connectivity index (χ1v) is 5.07. The fraction of sp³-hybridized carbons (Fsp3) is 0.0909. The third-order valence-corrected chi connectivity index (χ3v) is 2.64. The molecule has 1 rings (SSSR count). The number of nitrogens with zero attached hydrogens (tertiary/aromatic N) is 1. The SMILES string of the molecule is C=C/C=C(\N=C)c1csc(C(=O)OC)c1. The van der Waals surface area contributed by atoms with Crippen molar-refractivity contribution in [3.8, 4) is 0 Å². The Kier molecular flexibility index (Phi) is 4.00. The van der Waals surface area contributed by atoms with Gasteiger partial charge < -0.3 is 4.74 Å². The van der Waals surface area contributed by atoms with E-state index in [0.29, 0.717) is 10.6 Å². The van der Waals surface area contributed by atoms with E-state index < -0.39 is 0 Å². The van der Waals surface area contributed by atoms with Gasteiger partial charge in [0, 0.05) is 10.9 Å². The average Bonchev–Trinajstić information content (AvgIpc) is 2.73. The molecule has 0 unspecified atom stereocenters. The molecule has 0 N–H and O–H groups in total. The lowest BCUT2D eigenvalue weighted by Gasteiger charge is -1.94. The lowest BCUT2D eigenvalue weighted by atomic mass is 10.2. The van der Waals surface area contributed by atoms with E-state index in [4.69, 9.17) is 0 Å². The van der Waals surface area contributed by atoms with Crippen LogP contribution in [0.5, 0.6) is 0 Å². The minimum absolute atomic E-state index is 0.340. The number of ether oxygens (including phenoxy) is 1. The number of allylic oxidation sites excluding steroid dienone is 2. The van der Waals surface area contributed by atoms with Crippen LogP contribution in [0.15, 0.2) is 35.2 Å². The molecule has 0 aliphatic carbocycles. The van der Waals surface area contributed by atoms with Gasteiger partial charge in [-0.05, 0) is 18.9 Å². The third-order valence-electron chi connectivity index (χ3n) is 1.73. The van der Waals surface area contributed by atoms with Crippen molar-refractivity contribution in [3.05, 3.63) is 40.6 Å². The summed E-state index contributed by atoms with van der Waals surface area (Å²) < 4.78 is 4.61. The van der Waals surface area contributed by atoms with Crippen LogP contribution in [0.3, 0.4) is 0 Å². The molecule has 0 aliphatic heterocycles. The van der Waals surface area contributed by atoms with E-state index in [1.165, 1.54) is 18.4 Å². The summed E-state index contributed by atoms with van der Waals surface area (Å²) in [6, 6.07) is 1.72. The molecule has 1 aromatic heterocycles. The smallest absolute Gasteiger partial charge is 0.348 e. The fourth-order valence-corrected chi connectivity index (χ4v) is 1.85. The number of methoxy groups -OCH3 is 1. The van der Waals surface area contributed by atoms with E-state index in [2.05, 4.69) is 23.0 Å². The first-order valence-electron chi connectivity index (χ1n) is 4.19. The quantitative estimate of drug-likeness (QED) is 0.445. The number of carbonyl (C=O) groups is 1. The molecule has 0 saturated carbocycles. The maximum Gasteiger partial charge on any atom is 0.348 e. The van der Waals surface area contributed by atoms with Gasteiger partial charge in [0.2, 0.25) is 0 Å². The summed E-state index contributed by atoms with van der Waals surface area (Å²) >= 11 is 1.31. The molecule has 0 atom stereocenters. The van der Waals surface area contributed by atoms with E-state index >= 15 is 0 Å². The van der Waals surface area contributed by atoms with Gasteiger partial charge in [-0.15, -0.1) is 11.3 Å². The number of carbonyl (C=O) groups excluding carboxylic acids is 1. The summed E-state index contributed by atoms with van der Waals surface area (Å²) in [5.74, 6) is -0.340. The molecule has 0 radical (unpaired) electrons. The molecule has 1 heterocycles.